The molecule has 0 spiro atoms. The van der Waals surface area contributed by atoms with Crippen molar-refractivity contribution in [2.45, 2.75) is 26.3 Å². The van der Waals surface area contributed by atoms with Crippen LogP contribution in [-0.2, 0) is 16.0 Å². The number of carbonyl (C=O) groups is 1. The first-order valence-corrected chi connectivity index (χ1v) is 6.20. The molecule has 19 heavy (non-hydrogen) atoms. The Morgan fingerprint density at radius 1 is 1.47 bits per heavy atom. The molecule has 3 N–H and O–H groups in total. The van der Waals surface area contributed by atoms with Crippen LogP contribution in [0.4, 0.5) is 4.39 Å². The van der Waals surface area contributed by atoms with Gasteiger partial charge in [0.15, 0.2) is 0 Å². The van der Waals surface area contributed by atoms with Crippen molar-refractivity contribution >= 4 is 16.9 Å². The standard InChI is InChI=1S/C12H13FN2O2.C2H6/c1-17-12(16)10(14)4-7-6-15-11-3-2-8(13)5-9(7)11;1-2/h2-3,5-6,10,15H,4,14H2,1H3;1-2H3. The summed E-state index contributed by atoms with van der Waals surface area (Å²) in [5.41, 5.74) is 7.29. The summed E-state index contributed by atoms with van der Waals surface area (Å²) in [5.74, 6) is -0.791. The first-order chi connectivity index (χ1) is 9.11. The van der Waals surface area contributed by atoms with Crippen molar-refractivity contribution in [3.63, 3.8) is 0 Å². The van der Waals surface area contributed by atoms with Gasteiger partial charge in [-0.25, -0.2) is 4.39 Å². The van der Waals surface area contributed by atoms with E-state index in [1.807, 2.05) is 13.8 Å². The normalized spacial score (nSPS) is 11.6. The van der Waals surface area contributed by atoms with Gasteiger partial charge in [0.25, 0.3) is 0 Å². The summed E-state index contributed by atoms with van der Waals surface area (Å²) < 4.78 is 17.7. The molecule has 1 heterocycles. The molecule has 1 aromatic carbocycles. The predicted octanol–water partition coefficient (Wildman–Crippen LogP) is 2.38. The Bertz CT molecular complexity index is 551. The summed E-state index contributed by atoms with van der Waals surface area (Å²) in [6.07, 6.45) is 2.04. The molecule has 0 aliphatic heterocycles. The fourth-order valence-corrected chi connectivity index (χ4v) is 1.79. The van der Waals surface area contributed by atoms with E-state index in [0.717, 1.165) is 16.5 Å². The summed E-state index contributed by atoms with van der Waals surface area (Å²) in [5, 5.41) is 0.740. The number of methoxy groups -OCH3 is 1. The second-order valence-corrected chi connectivity index (χ2v) is 3.84. The molecule has 0 saturated carbocycles. The lowest BCUT2D eigenvalue weighted by Crippen LogP contribution is -2.33. The van der Waals surface area contributed by atoms with Crippen LogP contribution in [0.3, 0.4) is 0 Å². The minimum Gasteiger partial charge on any atom is -0.468 e. The first-order valence-electron chi connectivity index (χ1n) is 6.20. The van der Waals surface area contributed by atoms with E-state index in [2.05, 4.69) is 9.72 Å². The summed E-state index contributed by atoms with van der Waals surface area (Å²) >= 11 is 0. The maximum atomic E-state index is 13.1. The topological polar surface area (TPSA) is 68.1 Å². The van der Waals surface area contributed by atoms with Crippen molar-refractivity contribution in [2.75, 3.05) is 7.11 Å². The number of aromatic nitrogens is 1. The van der Waals surface area contributed by atoms with E-state index in [1.54, 1.807) is 12.3 Å². The second-order valence-electron chi connectivity index (χ2n) is 3.84. The molecule has 2 aromatic rings. The van der Waals surface area contributed by atoms with Gasteiger partial charge < -0.3 is 15.5 Å². The van der Waals surface area contributed by atoms with E-state index in [4.69, 9.17) is 5.73 Å². The van der Waals surface area contributed by atoms with E-state index in [0.29, 0.717) is 6.42 Å². The predicted molar refractivity (Wildman–Crippen MR) is 73.3 cm³/mol. The molecule has 0 amide bonds. The molecule has 0 saturated heterocycles. The average Bonchev–Trinajstić information content (AvgIpc) is 2.82. The van der Waals surface area contributed by atoms with Crippen LogP contribution in [0.2, 0.25) is 0 Å². The zero-order valence-corrected chi connectivity index (χ0v) is 11.4. The Morgan fingerprint density at radius 3 is 2.79 bits per heavy atom. The van der Waals surface area contributed by atoms with Gasteiger partial charge in [-0.2, -0.15) is 0 Å². The largest absolute Gasteiger partial charge is 0.468 e. The number of nitrogens with one attached hydrogen (secondary N) is 1. The Balaban J connectivity index is 0.000000861. The number of benzene rings is 1. The smallest absolute Gasteiger partial charge is 0.322 e. The van der Waals surface area contributed by atoms with Crippen LogP contribution in [-0.4, -0.2) is 24.1 Å². The minimum absolute atomic E-state index is 0.315. The highest BCUT2D eigenvalue weighted by Gasteiger charge is 2.16. The molecule has 0 bridgehead atoms. The van der Waals surface area contributed by atoms with Crippen molar-refractivity contribution < 1.29 is 13.9 Å². The fourth-order valence-electron chi connectivity index (χ4n) is 1.79. The summed E-state index contributed by atoms with van der Waals surface area (Å²) in [6, 6.07) is 3.72. The van der Waals surface area contributed by atoms with Crippen LogP contribution in [0.5, 0.6) is 0 Å². The molecule has 1 aromatic heterocycles. The van der Waals surface area contributed by atoms with Crippen LogP contribution in [0.25, 0.3) is 10.9 Å². The molecular formula is C14H19FN2O2. The van der Waals surface area contributed by atoms with Crippen molar-refractivity contribution in [1.82, 2.24) is 4.98 Å². The third kappa shape index (κ3) is 3.54. The van der Waals surface area contributed by atoms with Gasteiger partial charge in [0.2, 0.25) is 0 Å². The number of H-pyrrole nitrogens is 1. The van der Waals surface area contributed by atoms with Crippen molar-refractivity contribution in [3.8, 4) is 0 Å². The highest BCUT2D eigenvalue weighted by Crippen LogP contribution is 2.20. The van der Waals surface area contributed by atoms with Crippen LogP contribution < -0.4 is 5.73 Å². The van der Waals surface area contributed by atoms with E-state index < -0.39 is 12.0 Å². The summed E-state index contributed by atoms with van der Waals surface area (Å²) in [6.45, 7) is 4.00. The monoisotopic (exact) mass is 266 g/mol. The van der Waals surface area contributed by atoms with Gasteiger partial charge in [-0.15, -0.1) is 0 Å². The number of halogens is 1. The average molecular weight is 266 g/mol. The number of ether oxygens (including phenoxy) is 1. The highest BCUT2D eigenvalue weighted by atomic mass is 19.1. The number of aromatic amines is 1. The van der Waals surface area contributed by atoms with Gasteiger partial charge in [0.1, 0.15) is 11.9 Å². The molecule has 5 heteroatoms. The summed E-state index contributed by atoms with van der Waals surface area (Å²) in [7, 11) is 1.29. The minimum atomic E-state index is -0.734. The van der Waals surface area contributed by atoms with E-state index in [1.165, 1.54) is 19.2 Å². The van der Waals surface area contributed by atoms with Crippen molar-refractivity contribution in [2.24, 2.45) is 5.73 Å². The SMILES string of the molecule is CC.COC(=O)C(N)Cc1c[nH]c2ccc(F)cc12. The molecule has 0 aliphatic carbocycles. The number of carbonyl (C=O) groups excluding carboxylic acids is 1. The van der Waals surface area contributed by atoms with E-state index in [-0.39, 0.29) is 5.82 Å². The fraction of sp³-hybridized carbons (Fsp3) is 0.357. The molecule has 1 unspecified atom stereocenters. The van der Waals surface area contributed by atoms with Crippen LogP contribution in [0, 0.1) is 5.82 Å². The second kappa shape index (κ2) is 6.89. The van der Waals surface area contributed by atoms with Gasteiger partial charge in [-0.05, 0) is 23.8 Å². The number of nitrogens with two attached hydrogens (primary N) is 1. The molecular weight excluding hydrogens is 247 g/mol. The highest BCUT2D eigenvalue weighted by molar-refractivity contribution is 5.84. The van der Waals surface area contributed by atoms with Crippen LogP contribution >= 0.6 is 0 Å². The first kappa shape index (κ1) is 15.2. The zero-order valence-electron chi connectivity index (χ0n) is 11.4. The van der Waals surface area contributed by atoms with Gasteiger partial charge in [-0.3, -0.25) is 4.79 Å². The Morgan fingerprint density at radius 2 is 2.16 bits per heavy atom. The number of fused-ring (bicyclic) bond motifs is 1. The molecule has 0 aliphatic rings. The van der Waals surface area contributed by atoms with Gasteiger partial charge in [0, 0.05) is 23.5 Å². The number of rotatable bonds is 3. The molecule has 104 valence electrons. The molecule has 2 rings (SSSR count). The lowest BCUT2D eigenvalue weighted by molar-refractivity contribution is -0.142. The number of hydrogen-bond donors (Lipinski definition) is 2. The zero-order chi connectivity index (χ0) is 14.4. The molecule has 1 atom stereocenters. The van der Waals surface area contributed by atoms with Gasteiger partial charge in [0.05, 0.1) is 7.11 Å². The van der Waals surface area contributed by atoms with Gasteiger partial charge >= 0.3 is 5.97 Å². The Labute approximate surface area is 111 Å². The van der Waals surface area contributed by atoms with Crippen molar-refractivity contribution in [3.05, 3.63) is 35.8 Å². The van der Waals surface area contributed by atoms with Crippen molar-refractivity contribution in [1.29, 1.82) is 0 Å². The lowest BCUT2D eigenvalue weighted by atomic mass is 10.1. The number of esters is 1. The maximum absolute atomic E-state index is 13.1. The third-order valence-corrected chi connectivity index (χ3v) is 2.67. The lowest BCUT2D eigenvalue weighted by Gasteiger charge is -2.07. The van der Waals surface area contributed by atoms with Crippen LogP contribution in [0.1, 0.15) is 19.4 Å². The van der Waals surface area contributed by atoms with E-state index >= 15 is 0 Å². The molecule has 4 nitrogen and oxygen atoms in total. The Hall–Kier alpha value is -1.88. The molecule has 0 fully saturated rings. The third-order valence-electron chi connectivity index (χ3n) is 2.67. The molecule has 0 radical (unpaired) electrons. The quantitative estimate of drug-likeness (QED) is 0.838. The summed E-state index contributed by atoms with van der Waals surface area (Å²) in [4.78, 5) is 14.2. The Kier molecular flexibility index (Phi) is 5.51. The van der Waals surface area contributed by atoms with E-state index in [9.17, 15) is 9.18 Å². The van der Waals surface area contributed by atoms with Gasteiger partial charge in [-0.1, -0.05) is 13.8 Å². The maximum Gasteiger partial charge on any atom is 0.322 e. The van der Waals surface area contributed by atoms with Crippen LogP contribution in [0.15, 0.2) is 24.4 Å². The number of hydrogen-bond acceptors (Lipinski definition) is 3.